The minimum atomic E-state index is 0.157. The quantitative estimate of drug-likeness (QED) is 0.650. The molecule has 0 amide bonds. The number of nitrogen functional groups attached to an aromatic ring is 1. The minimum Gasteiger partial charge on any atom is -0.384 e. The van der Waals surface area contributed by atoms with Crippen molar-refractivity contribution in [2.45, 2.75) is 44.6 Å². The number of nitrogens with two attached hydrogens (primary N) is 1. The van der Waals surface area contributed by atoms with E-state index in [1.807, 2.05) is 6.07 Å². The Kier molecular flexibility index (Phi) is 4.01. The molecule has 1 atom stereocenters. The highest BCUT2D eigenvalue weighted by Crippen LogP contribution is 2.39. The lowest BCUT2D eigenvalue weighted by Crippen LogP contribution is -2.36. The molecular formula is C16H22BrN3. The summed E-state index contributed by atoms with van der Waals surface area (Å²) in [5.41, 5.74) is 7.81. The van der Waals surface area contributed by atoms with Crippen molar-refractivity contribution < 1.29 is 0 Å². The largest absolute Gasteiger partial charge is 0.384 e. The first-order chi connectivity index (χ1) is 9.68. The number of nitrogens with zero attached hydrogens (tertiary/aromatic N) is 1. The average molecular weight is 336 g/mol. The van der Waals surface area contributed by atoms with Gasteiger partial charge in [-0.1, -0.05) is 18.9 Å². The van der Waals surface area contributed by atoms with E-state index >= 15 is 0 Å². The molecule has 3 N–H and O–H groups in total. The number of benzene rings is 1. The number of rotatable bonds is 3. The van der Waals surface area contributed by atoms with Crippen LogP contribution in [0.1, 0.15) is 44.1 Å². The van der Waals surface area contributed by atoms with Crippen LogP contribution < -0.4 is 10.6 Å². The second-order valence-electron chi connectivity index (χ2n) is 6.00. The van der Waals surface area contributed by atoms with E-state index in [2.05, 4.69) is 33.0 Å². The Balaban J connectivity index is 1.95. The lowest BCUT2D eigenvalue weighted by molar-refractivity contribution is 0.430. The molecule has 108 valence electrons. The van der Waals surface area contributed by atoms with Crippen molar-refractivity contribution in [1.82, 2.24) is 0 Å². The number of hydrogen-bond donors (Lipinski definition) is 2. The van der Waals surface area contributed by atoms with Gasteiger partial charge in [0.1, 0.15) is 5.84 Å². The minimum absolute atomic E-state index is 0.157. The summed E-state index contributed by atoms with van der Waals surface area (Å²) in [6.07, 6.45) is 8.04. The molecular weight excluding hydrogens is 314 g/mol. The fourth-order valence-electron chi connectivity index (χ4n) is 3.94. The van der Waals surface area contributed by atoms with E-state index in [4.69, 9.17) is 11.1 Å². The summed E-state index contributed by atoms with van der Waals surface area (Å²) in [5, 5.41) is 7.88. The fraction of sp³-hybridized carbons (Fsp3) is 0.562. The molecule has 1 unspecified atom stereocenters. The predicted molar refractivity (Wildman–Crippen MR) is 87.5 cm³/mol. The average Bonchev–Trinajstić information content (AvgIpc) is 3.08. The van der Waals surface area contributed by atoms with Crippen LogP contribution in [0.15, 0.2) is 22.7 Å². The molecule has 1 aliphatic carbocycles. The van der Waals surface area contributed by atoms with Gasteiger partial charge in [-0.25, -0.2) is 0 Å². The van der Waals surface area contributed by atoms with Crippen molar-refractivity contribution in [1.29, 1.82) is 5.41 Å². The van der Waals surface area contributed by atoms with E-state index in [9.17, 15) is 0 Å². The van der Waals surface area contributed by atoms with E-state index in [0.717, 1.165) is 28.2 Å². The zero-order valence-electron chi connectivity index (χ0n) is 11.7. The highest BCUT2D eigenvalue weighted by atomic mass is 79.9. The molecule has 20 heavy (non-hydrogen) atoms. The van der Waals surface area contributed by atoms with Gasteiger partial charge in [0.2, 0.25) is 0 Å². The smallest absolute Gasteiger partial charge is 0.126 e. The van der Waals surface area contributed by atoms with Crippen molar-refractivity contribution in [3.05, 3.63) is 28.2 Å². The van der Waals surface area contributed by atoms with Crippen molar-refractivity contribution in [2.24, 2.45) is 11.7 Å². The Morgan fingerprint density at radius 2 is 1.95 bits per heavy atom. The van der Waals surface area contributed by atoms with Crippen LogP contribution >= 0.6 is 15.9 Å². The highest BCUT2D eigenvalue weighted by Gasteiger charge is 2.34. The van der Waals surface area contributed by atoms with Crippen molar-refractivity contribution >= 4 is 27.5 Å². The molecule has 0 radical (unpaired) electrons. The Bertz CT molecular complexity index is 508. The Morgan fingerprint density at radius 3 is 2.65 bits per heavy atom. The van der Waals surface area contributed by atoms with E-state index in [0.29, 0.717) is 6.04 Å². The molecule has 4 heteroatoms. The van der Waals surface area contributed by atoms with Gasteiger partial charge in [0.15, 0.2) is 0 Å². The summed E-state index contributed by atoms with van der Waals surface area (Å²) in [5.74, 6) is 0.987. The van der Waals surface area contributed by atoms with Crippen LogP contribution in [0.2, 0.25) is 0 Å². The molecule has 1 aliphatic heterocycles. The topological polar surface area (TPSA) is 53.1 Å². The van der Waals surface area contributed by atoms with E-state index < -0.39 is 0 Å². The van der Waals surface area contributed by atoms with Crippen LogP contribution in [0.25, 0.3) is 0 Å². The zero-order chi connectivity index (χ0) is 14.1. The molecule has 0 spiro atoms. The summed E-state index contributed by atoms with van der Waals surface area (Å²) in [4.78, 5) is 2.51. The number of amidine groups is 1. The Hall–Kier alpha value is -1.03. The van der Waals surface area contributed by atoms with Crippen LogP contribution in [0.5, 0.6) is 0 Å². The monoisotopic (exact) mass is 335 g/mol. The van der Waals surface area contributed by atoms with Gasteiger partial charge in [-0.2, -0.15) is 0 Å². The summed E-state index contributed by atoms with van der Waals surface area (Å²) in [7, 11) is 0. The van der Waals surface area contributed by atoms with Crippen LogP contribution in [-0.4, -0.2) is 18.4 Å². The van der Waals surface area contributed by atoms with Gasteiger partial charge in [0.05, 0.1) is 5.56 Å². The maximum absolute atomic E-state index is 7.88. The van der Waals surface area contributed by atoms with Gasteiger partial charge in [0.25, 0.3) is 0 Å². The van der Waals surface area contributed by atoms with Crippen molar-refractivity contribution in [2.75, 3.05) is 11.4 Å². The normalized spacial score (nSPS) is 23.4. The summed E-state index contributed by atoms with van der Waals surface area (Å²) >= 11 is 3.55. The Morgan fingerprint density at radius 1 is 1.20 bits per heavy atom. The summed E-state index contributed by atoms with van der Waals surface area (Å²) < 4.78 is 0.930. The van der Waals surface area contributed by atoms with E-state index in [-0.39, 0.29) is 5.84 Å². The predicted octanol–water partition coefficient (Wildman–Crippen LogP) is 3.89. The SMILES string of the molecule is N=C(N)c1c(Br)cccc1N1CCCC1C1CCCC1. The molecule has 1 aromatic rings. The molecule has 3 rings (SSSR count). The standard InChI is InChI=1S/C16H22BrN3/c17-12-7-3-8-14(15(12)16(18)19)20-10-4-9-13(20)11-5-1-2-6-11/h3,7-8,11,13H,1-2,4-6,9-10H2,(H3,18,19). The van der Waals surface area contributed by atoms with Gasteiger partial charge in [0, 0.05) is 22.7 Å². The third-order valence-corrected chi connectivity index (χ3v) is 5.47. The van der Waals surface area contributed by atoms with Crippen LogP contribution in [-0.2, 0) is 0 Å². The summed E-state index contributed by atoms with van der Waals surface area (Å²) in [6, 6.07) is 6.79. The number of anilines is 1. The second kappa shape index (κ2) is 5.76. The van der Waals surface area contributed by atoms with Gasteiger partial charge in [-0.05, 0) is 59.7 Å². The van der Waals surface area contributed by atoms with Gasteiger partial charge in [-0.3, -0.25) is 5.41 Å². The molecule has 0 aromatic heterocycles. The number of hydrogen-bond acceptors (Lipinski definition) is 2. The van der Waals surface area contributed by atoms with E-state index in [1.165, 1.54) is 38.5 Å². The third kappa shape index (κ3) is 2.46. The highest BCUT2D eigenvalue weighted by molar-refractivity contribution is 9.10. The number of nitrogens with one attached hydrogen (secondary N) is 1. The number of halogens is 1. The van der Waals surface area contributed by atoms with Crippen LogP contribution in [0, 0.1) is 11.3 Å². The first-order valence-electron chi connectivity index (χ1n) is 7.58. The van der Waals surface area contributed by atoms with Crippen LogP contribution in [0.3, 0.4) is 0 Å². The first kappa shape index (κ1) is 13.9. The fourth-order valence-corrected chi connectivity index (χ4v) is 4.51. The molecule has 1 aromatic carbocycles. The van der Waals surface area contributed by atoms with Gasteiger partial charge in [-0.15, -0.1) is 0 Å². The van der Waals surface area contributed by atoms with E-state index in [1.54, 1.807) is 0 Å². The molecule has 3 nitrogen and oxygen atoms in total. The lowest BCUT2D eigenvalue weighted by atomic mass is 9.95. The van der Waals surface area contributed by atoms with Gasteiger partial charge < -0.3 is 10.6 Å². The molecule has 1 saturated heterocycles. The lowest BCUT2D eigenvalue weighted by Gasteiger charge is -2.33. The van der Waals surface area contributed by atoms with Crippen molar-refractivity contribution in [3.8, 4) is 0 Å². The van der Waals surface area contributed by atoms with Crippen molar-refractivity contribution in [3.63, 3.8) is 0 Å². The second-order valence-corrected chi connectivity index (χ2v) is 6.85. The molecule has 1 heterocycles. The Labute approximate surface area is 129 Å². The molecule has 2 fully saturated rings. The molecule has 0 bridgehead atoms. The molecule has 2 aliphatic rings. The maximum atomic E-state index is 7.88. The summed E-state index contributed by atoms with van der Waals surface area (Å²) in [6.45, 7) is 1.10. The maximum Gasteiger partial charge on any atom is 0.126 e. The van der Waals surface area contributed by atoms with Crippen LogP contribution in [0.4, 0.5) is 5.69 Å². The van der Waals surface area contributed by atoms with Gasteiger partial charge >= 0.3 is 0 Å². The first-order valence-corrected chi connectivity index (χ1v) is 8.37. The third-order valence-electron chi connectivity index (χ3n) is 4.81. The molecule has 1 saturated carbocycles. The zero-order valence-corrected chi connectivity index (χ0v) is 13.3.